The molecule has 0 atom stereocenters. The zero-order valence-electron chi connectivity index (χ0n) is 16.4. The Hall–Kier alpha value is -1.41. The van der Waals surface area contributed by atoms with Crippen LogP contribution >= 0.6 is 0 Å². The van der Waals surface area contributed by atoms with Crippen LogP contribution in [0.3, 0.4) is 0 Å². The number of aromatic nitrogens is 1. The van der Waals surface area contributed by atoms with Gasteiger partial charge in [0.2, 0.25) is 11.8 Å². The van der Waals surface area contributed by atoms with Crippen molar-refractivity contribution in [2.45, 2.75) is 81.1 Å². The topological polar surface area (TPSA) is 98.5 Å². The van der Waals surface area contributed by atoms with Crippen LogP contribution in [0.1, 0.15) is 71.4 Å². The second-order valence-corrected chi connectivity index (χ2v) is 11.0. The number of sulfone groups is 1. The monoisotopic (exact) mass is 398 g/mol. The molecule has 2 fully saturated rings. The molecule has 2 heterocycles. The molecular weight excluding hydrogens is 368 g/mol. The van der Waals surface area contributed by atoms with Crippen molar-refractivity contribution in [3.63, 3.8) is 0 Å². The van der Waals surface area contributed by atoms with Crippen molar-refractivity contribution < 1.29 is 22.5 Å². The minimum absolute atomic E-state index is 0.0101. The average Bonchev–Trinajstić information content (AvgIpc) is 3.32. The first-order valence-electron chi connectivity index (χ1n) is 9.83. The number of carbonyl (C=O) groups excluding carboxylic acids is 1. The number of nitrogens with one attached hydrogen (secondary N) is 1. The molecule has 1 saturated heterocycles. The molecule has 27 heavy (non-hydrogen) atoms. The fourth-order valence-corrected chi connectivity index (χ4v) is 6.18. The number of hydrogen-bond acceptors (Lipinski definition) is 6. The lowest BCUT2D eigenvalue weighted by Crippen LogP contribution is -2.50. The lowest BCUT2D eigenvalue weighted by molar-refractivity contribution is -0.118. The molecule has 152 valence electrons. The minimum Gasteiger partial charge on any atom is -0.381 e. The molecule has 1 N–H and O–H groups in total. The van der Waals surface area contributed by atoms with Gasteiger partial charge in [-0.15, -0.1) is 0 Å². The van der Waals surface area contributed by atoms with E-state index < -0.39 is 25.7 Å². The molecule has 0 aromatic carbocycles. The first-order chi connectivity index (χ1) is 12.7. The quantitative estimate of drug-likeness (QED) is 0.790. The van der Waals surface area contributed by atoms with E-state index >= 15 is 0 Å². The fourth-order valence-electron chi connectivity index (χ4n) is 4.22. The van der Waals surface area contributed by atoms with Gasteiger partial charge in [-0.05, 0) is 46.0 Å². The Kier molecular flexibility index (Phi) is 5.68. The third-order valence-corrected chi connectivity index (χ3v) is 9.35. The summed E-state index contributed by atoms with van der Waals surface area (Å²) in [7, 11) is -3.66. The smallest absolute Gasteiger partial charge is 0.247 e. The molecule has 0 spiro atoms. The molecule has 0 bridgehead atoms. The van der Waals surface area contributed by atoms with Crippen LogP contribution in [0.15, 0.2) is 10.6 Å². The second-order valence-electron chi connectivity index (χ2n) is 8.24. The maximum Gasteiger partial charge on any atom is 0.247 e. The molecular formula is C19H30N2O5S. The van der Waals surface area contributed by atoms with E-state index in [9.17, 15) is 13.2 Å². The third kappa shape index (κ3) is 3.66. The van der Waals surface area contributed by atoms with Crippen LogP contribution in [0.4, 0.5) is 5.88 Å². The van der Waals surface area contributed by atoms with E-state index in [1.807, 2.05) is 0 Å². The van der Waals surface area contributed by atoms with E-state index in [1.165, 1.54) is 26.7 Å². The zero-order chi connectivity index (χ0) is 19.7. The predicted molar refractivity (Wildman–Crippen MR) is 102 cm³/mol. The largest absolute Gasteiger partial charge is 0.381 e. The molecule has 0 radical (unpaired) electrons. The number of anilines is 1. The maximum atomic E-state index is 13.0. The summed E-state index contributed by atoms with van der Waals surface area (Å²) in [6, 6.07) is 1.75. The second kappa shape index (κ2) is 7.54. The van der Waals surface area contributed by atoms with E-state index in [4.69, 9.17) is 9.26 Å². The molecule has 1 amide bonds. The number of rotatable bonds is 6. The number of nitrogens with zero attached hydrogens (tertiary/aromatic N) is 1. The lowest BCUT2D eigenvalue weighted by atomic mass is 9.80. The van der Waals surface area contributed by atoms with E-state index in [0.29, 0.717) is 26.1 Å². The van der Waals surface area contributed by atoms with Gasteiger partial charge in [0.1, 0.15) is 4.75 Å². The summed E-state index contributed by atoms with van der Waals surface area (Å²) < 4.78 is 35.0. The van der Waals surface area contributed by atoms with Gasteiger partial charge in [-0.25, -0.2) is 8.42 Å². The van der Waals surface area contributed by atoms with Gasteiger partial charge in [0, 0.05) is 24.7 Å². The number of amides is 1. The Labute approximate surface area is 161 Å². The van der Waals surface area contributed by atoms with Crippen molar-refractivity contribution in [3.05, 3.63) is 11.8 Å². The van der Waals surface area contributed by atoms with Crippen LogP contribution in [-0.4, -0.2) is 42.7 Å². The van der Waals surface area contributed by atoms with Crippen molar-refractivity contribution in [1.82, 2.24) is 5.16 Å². The highest BCUT2D eigenvalue weighted by Gasteiger charge is 2.47. The average molecular weight is 399 g/mol. The van der Waals surface area contributed by atoms with Gasteiger partial charge in [0.15, 0.2) is 9.84 Å². The summed E-state index contributed by atoms with van der Waals surface area (Å²) in [5.41, 5.74) is 0.860. The van der Waals surface area contributed by atoms with E-state index in [2.05, 4.69) is 17.4 Å². The molecule has 1 aromatic rings. The summed E-state index contributed by atoms with van der Waals surface area (Å²) in [5, 5.41) is 6.25. The first kappa shape index (κ1) is 20.3. The van der Waals surface area contributed by atoms with Gasteiger partial charge < -0.3 is 9.26 Å². The van der Waals surface area contributed by atoms with Crippen molar-refractivity contribution in [2.24, 2.45) is 0 Å². The minimum atomic E-state index is -3.66. The van der Waals surface area contributed by atoms with Crippen molar-refractivity contribution in [1.29, 1.82) is 0 Å². The molecule has 1 aliphatic heterocycles. The van der Waals surface area contributed by atoms with Crippen molar-refractivity contribution >= 4 is 21.6 Å². The van der Waals surface area contributed by atoms with Gasteiger partial charge in [0.05, 0.1) is 10.9 Å². The third-order valence-electron chi connectivity index (χ3n) is 6.39. The summed E-state index contributed by atoms with van der Waals surface area (Å²) in [4.78, 5) is 12.8. The normalized spacial score (nSPS) is 21.3. The van der Waals surface area contributed by atoms with Crippen LogP contribution in [0.25, 0.3) is 0 Å². The fraction of sp³-hybridized carbons (Fsp3) is 0.789. The zero-order valence-corrected chi connectivity index (χ0v) is 17.2. The number of carbonyl (C=O) groups is 1. The first-order valence-corrected chi connectivity index (χ1v) is 11.4. The highest BCUT2D eigenvalue weighted by molar-refractivity contribution is 7.94. The van der Waals surface area contributed by atoms with Gasteiger partial charge in [0.25, 0.3) is 0 Å². The molecule has 3 rings (SSSR count). The standard InChI is InChI=1S/C19H30N2O5S/c1-4-19(9-5-6-10-19)15-13-16(26-21-15)20-17(22)18(2,3)27(23,24)14-7-11-25-12-8-14/h13-14H,4-12H2,1-3H3,(H,20,22). The van der Waals surface area contributed by atoms with Crippen LogP contribution in [0.5, 0.6) is 0 Å². The van der Waals surface area contributed by atoms with Crippen LogP contribution in [0, 0.1) is 0 Å². The molecule has 0 unspecified atom stereocenters. The molecule has 1 aromatic heterocycles. The van der Waals surface area contributed by atoms with Gasteiger partial charge in [-0.3, -0.25) is 10.1 Å². The van der Waals surface area contributed by atoms with Gasteiger partial charge in [-0.2, -0.15) is 0 Å². The molecule has 1 saturated carbocycles. The van der Waals surface area contributed by atoms with Crippen LogP contribution < -0.4 is 5.32 Å². The lowest BCUT2D eigenvalue weighted by Gasteiger charge is -2.30. The molecule has 2 aliphatic rings. The van der Waals surface area contributed by atoms with Crippen LogP contribution in [0.2, 0.25) is 0 Å². The summed E-state index contributed by atoms with van der Waals surface area (Å²) >= 11 is 0. The van der Waals surface area contributed by atoms with E-state index in [-0.39, 0.29) is 11.3 Å². The van der Waals surface area contributed by atoms with Crippen LogP contribution in [-0.2, 0) is 24.8 Å². The van der Waals surface area contributed by atoms with E-state index in [1.54, 1.807) is 6.07 Å². The number of ether oxygens (including phenoxy) is 1. The molecule has 8 heteroatoms. The Bertz CT molecular complexity index is 772. The highest BCUT2D eigenvalue weighted by atomic mass is 32.2. The Morgan fingerprint density at radius 1 is 1.30 bits per heavy atom. The number of hydrogen-bond donors (Lipinski definition) is 1. The summed E-state index contributed by atoms with van der Waals surface area (Å²) in [6.07, 6.45) is 6.27. The van der Waals surface area contributed by atoms with Crippen molar-refractivity contribution in [3.8, 4) is 0 Å². The maximum absolute atomic E-state index is 13.0. The summed E-state index contributed by atoms with van der Waals surface area (Å²) in [5.74, 6) is -0.376. The Morgan fingerprint density at radius 3 is 2.52 bits per heavy atom. The highest BCUT2D eigenvalue weighted by Crippen LogP contribution is 2.43. The Balaban J connectivity index is 1.74. The molecule has 1 aliphatic carbocycles. The SMILES string of the molecule is CCC1(c2cc(NC(=O)C(C)(C)S(=O)(=O)C3CCOCC3)on2)CCCC1. The predicted octanol–water partition coefficient (Wildman–Crippen LogP) is 3.21. The summed E-state index contributed by atoms with van der Waals surface area (Å²) in [6.45, 7) is 5.87. The Morgan fingerprint density at radius 2 is 1.93 bits per heavy atom. The van der Waals surface area contributed by atoms with Gasteiger partial charge >= 0.3 is 0 Å². The molecule has 7 nitrogen and oxygen atoms in total. The van der Waals surface area contributed by atoms with Crippen molar-refractivity contribution in [2.75, 3.05) is 18.5 Å². The van der Waals surface area contributed by atoms with E-state index in [0.717, 1.165) is 25.0 Å². The van der Waals surface area contributed by atoms with Gasteiger partial charge in [-0.1, -0.05) is 24.9 Å².